The van der Waals surface area contributed by atoms with Gasteiger partial charge in [0.05, 0.1) is 21.8 Å². The maximum Gasteiger partial charge on any atom is 0.0992 e. The molecule has 0 saturated carbocycles. The number of fused-ring (bicyclic) bond motifs is 1. The van der Waals surface area contributed by atoms with E-state index in [0.29, 0.717) is 6.61 Å². The summed E-state index contributed by atoms with van der Waals surface area (Å²) in [5.41, 5.74) is 2.41. The monoisotopic (exact) mass is 250 g/mol. The second-order valence-electron chi connectivity index (χ2n) is 5.15. The summed E-state index contributed by atoms with van der Waals surface area (Å²) < 4.78 is 1.24. The molecule has 1 aromatic carbocycles. The molecule has 4 heteroatoms. The van der Waals surface area contributed by atoms with E-state index in [2.05, 4.69) is 43.8 Å². The van der Waals surface area contributed by atoms with Crippen molar-refractivity contribution >= 4 is 21.6 Å². The number of thiazole rings is 1. The molecule has 1 heterocycles. The lowest BCUT2D eigenvalue weighted by Crippen LogP contribution is -2.10. The lowest BCUT2D eigenvalue weighted by Gasteiger charge is -2.13. The zero-order chi connectivity index (χ0) is 12.5. The van der Waals surface area contributed by atoms with Crippen molar-refractivity contribution in [1.82, 2.24) is 4.98 Å². The highest BCUT2D eigenvalue weighted by atomic mass is 32.1. The van der Waals surface area contributed by atoms with Crippen LogP contribution in [-0.4, -0.2) is 11.6 Å². The molecule has 1 aromatic heterocycles. The van der Waals surface area contributed by atoms with Gasteiger partial charge < -0.3 is 4.84 Å². The average Bonchev–Trinajstić information content (AvgIpc) is 2.70. The Kier molecular flexibility index (Phi) is 3.47. The van der Waals surface area contributed by atoms with E-state index in [1.165, 1.54) is 15.3 Å². The number of rotatable bonds is 3. The topological polar surface area (TPSA) is 48.1 Å². The Bertz CT molecular complexity index is 514. The van der Waals surface area contributed by atoms with Crippen molar-refractivity contribution < 1.29 is 4.84 Å². The number of nitrogens with zero attached hydrogens (tertiary/aromatic N) is 1. The second kappa shape index (κ2) is 4.72. The first-order valence-corrected chi connectivity index (χ1v) is 6.54. The molecule has 0 aliphatic carbocycles. The van der Waals surface area contributed by atoms with Crippen LogP contribution in [0.1, 0.15) is 31.3 Å². The highest BCUT2D eigenvalue weighted by Crippen LogP contribution is 2.32. The average molecular weight is 250 g/mol. The molecular formula is C13H18N2OS. The van der Waals surface area contributed by atoms with Crippen LogP contribution >= 0.6 is 11.3 Å². The summed E-state index contributed by atoms with van der Waals surface area (Å²) in [6.45, 7) is 7.09. The third-order valence-corrected chi connectivity index (χ3v) is 4.08. The Balaban J connectivity index is 2.45. The second-order valence-corrected chi connectivity index (χ2v) is 6.18. The fraction of sp³-hybridized carbons (Fsp3) is 0.462. The third-order valence-electron chi connectivity index (χ3n) is 2.63. The van der Waals surface area contributed by atoms with Crippen molar-refractivity contribution in [3.8, 4) is 0 Å². The van der Waals surface area contributed by atoms with Gasteiger partial charge in [-0.15, -0.1) is 11.3 Å². The largest absolute Gasteiger partial charge is 0.304 e. The molecular weight excluding hydrogens is 232 g/mol. The van der Waals surface area contributed by atoms with Crippen molar-refractivity contribution in [3.63, 3.8) is 0 Å². The number of hydrogen-bond acceptors (Lipinski definition) is 4. The lowest BCUT2D eigenvalue weighted by atomic mass is 9.98. The molecule has 2 rings (SSSR count). The zero-order valence-corrected chi connectivity index (χ0v) is 11.3. The van der Waals surface area contributed by atoms with E-state index < -0.39 is 0 Å². The van der Waals surface area contributed by atoms with E-state index in [1.807, 2.05) is 0 Å². The molecule has 0 fully saturated rings. The Hall–Kier alpha value is -0.970. The molecule has 0 radical (unpaired) electrons. The molecule has 0 bridgehead atoms. The number of hydrogen-bond donors (Lipinski definition) is 1. The van der Waals surface area contributed by atoms with E-state index in [0.717, 1.165) is 11.9 Å². The fourth-order valence-corrected chi connectivity index (χ4v) is 2.77. The number of nitrogens with two attached hydrogens (primary N) is 1. The first kappa shape index (κ1) is 12.5. The van der Waals surface area contributed by atoms with Crippen molar-refractivity contribution in [1.29, 1.82) is 0 Å². The summed E-state index contributed by atoms with van der Waals surface area (Å²) >= 11 is 1.77. The van der Waals surface area contributed by atoms with Gasteiger partial charge in [-0.1, -0.05) is 32.9 Å². The zero-order valence-electron chi connectivity index (χ0n) is 10.5. The number of benzene rings is 1. The lowest BCUT2D eigenvalue weighted by molar-refractivity contribution is 0.141. The highest BCUT2D eigenvalue weighted by molar-refractivity contribution is 7.18. The molecule has 0 spiro atoms. The standard InChI is InChI=1S/C13H18N2OS/c1-13(2,3)12-15-11-9(7-8-16-14)5-4-6-10(11)17-12/h4-6H,7-8,14H2,1-3H3. The Labute approximate surface area is 106 Å². The molecule has 92 valence electrons. The van der Waals surface area contributed by atoms with Crippen LogP contribution in [0.5, 0.6) is 0 Å². The quantitative estimate of drug-likeness (QED) is 0.852. The summed E-state index contributed by atoms with van der Waals surface area (Å²) in [7, 11) is 0. The van der Waals surface area contributed by atoms with Gasteiger partial charge in [0.15, 0.2) is 0 Å². The normalized spacial score (nSPS) is 12.2. The van der Waals surface area contributed by atoms with Gasteiger partial charge in [-0.2, -0.15) is 0 Å². The molecule has 0 amide bonds. The van der Waals surface area contributed by atoms with Gasteiger partial charge in [-0.3, -0.25) is 0 Å². The molecule has 17 heavy (non-hydrogen) atoms. The highest BCUT2D eigenvalue weighted by Gasteiger charge is 2.19. The predicted molar refractivity (Wildman–Crippen MR) is 72.2 cm³/mol. The van der Waals surface area contributed by atoms with Gasteiger partial charge in [0.25, 0.3) is 0 Å². The summed E-state index contributed by atoms with van der Waals surface area (Å²) in [5, 5.41) is 1.17. The fourth-order valence-electron chi connectivity index (χ4n) is 1.70. The molecule has 0 atom stereocenters. The van der Waals surface area contributed by atoms with Crippen LogP contribution in [0.15, 0.2) is 18.2 Å². The van der Waals surface area contributed by atoms with Crippen molar-refractivity contribution in [2.24, 2.45) is 5.90 Å². The van der Waals surface area contributed by atoms with Gasteiger partial charge in [-0.25, -0.2) is 10.9 Å². The predicted octanol–water partition coefficient (Wildman–Crippen LogP) is 3.03. The first-order valence-electron chi connectivity index (χ1n) is 5.73. The Morgan fingerprint density at radius 2 is 2.12 bits per heavy atom. The molecule has 0 aliphatic rings. The molecule has 2 aromatic rings. The minimum atomic E-state index is 0.103. The van der Waals surface area contributed by atoms with Gasteiger partial charge in [-0.05, 0) is 18.1 Å². The summed E-state index contributed by atoms with van der Waals surface area (Å²) in [6.07, 6.45) is 0.807. The van der Waals surface area contributed by atoms with Crippen LogP contribution in [0.4, 0.5) is 0 Å². The molecule has 0 aliphatic heterocycles. The number of para-hydroxylation sites is 1. The van der Waals surface area contributed by atoms with Crippen LogP contribution in [0.2, 0.25) is 0 Å². The third kappa shape index (κ3) is 2.65. The van der Waals surface area contributed by atoms with Gasteiger partial charge in [0.1, 0.15) is 0 Å². The molecule has 0 unspecified atom stereocenters. The van der Waals surface area contributed by atoms with E-state index >= 15 is 0 Å². The Morgan fingerprint density at radius 1 is 1.35 bits per heavy atom. The SMILES string of the molecule is CC(C)(C)c1nc2c(CCON)cccc2s1. The van der Waals surface area contributed by atoms with Crippen molar-refractivity contribution in [3.05, 3.63) is 28.8 Å². The van der Waals surface area contributed by atoms with Crippen LogP contribution < -0.4 is 5.90 Å². The smallest absolute Gasteiger partial charge is 0.0992 e. The maximum atomic E-state index is 5.08. The van der Waals surface area contributed by atoms with E-state index in [1.54, 1.807) is 11.3 Å². The first-order chi connectivity index (χ1) is 8.02. The van der Waals surface area contributed by atoms with E-state index in [4.69, 9.17) is 10.9 Å². The Morgan fingerprint density at radius 3 is 2.76 bits per heavy atom. The molecule has 0 saturated heterocycles. The summed E-state index contributed by atoms with van der Waals surface area (Å²) in [4.78, 5) is 9.40. The van der Waals surface area contributed by atoms with Crippen molar-refractivity contribution in [2.75, 3.05) is 6.61 Å². The van der Waals surface area contributed by atoms with Crippen molar-refractivity contribution in [2.45, 2.75) is 32.6 Å². The maximum absolute atomic E-state index is 5.08. The van der Waals surface area contributed by atoms with Crippen LogP contribution in [0.3, 0.4) is 0 Å². The van der Waals surface area contributed by atoms with Gasteiger partial charge >= 0.3 is 0 Å². The van der Waals surface area contributed by atoms with E-state index in [-0.39, 0.29) is 5.41 Å². The van der Waals surface area contributed by atoms with Gasteiger partial charge in [0.2, 0.25) is 0 Å². The van der Waals surface area contributed by atoms with Crippen LogP contribution in [0, 0.1) is 0 Å². The van der Waals surface area contributed by atoms with Gasteiger partial charge in [0, 0.05) is 5.41 Å². The van der Waals surface area contributed by atoms with E-state index in [9.17, 15) is 0 Å². The molecule has 2 N–H and O–H groups in total. The minimum absolute atomic E-state index is 0.103. The number of aromatic nitrogens is 1. The van der Waals surface area contributed by atoms with Crippen LogP contribution in [-0.2, 0) is 16.7 Å². The van der Waals surface area contributed by atoms with Crippen LogP contribution in [0.25, 0.3) is 10.2 Å². The summed E-state index contributed by atoms with van der Waals surface area (Å²) in [6, 6.07) is 6.28. The summed E-state index contributed by atoms with van der Waals surface area (Å²) in [5.74, 6) is 5.08. The molecule has 3 nitrogen and oxygen atoms in total. The minimum Gasteiger partial charge on any atom is -0.304 e.